The van der Waals surface area contributed by atoms with E-state index in [9.17, 15) is 18.0 Å². The van der Waals surface area contributed by atoms with Crippen LogP contribution in [-0.4, -0.2) is 26.2 Å². The van der Waals surface area contributed by atoms with Crippen LogP contribution in [0.2, 0.25) is 0 Å². The minimum atomic E-state index is -4.50. The second-order valence-corrected chi connectivity index (χ2v) is 6.24. The van der Waals surface area contributed by atoms with E-state index in [-0.39, 0.29) is 5.56 Å². The van der Waals surface area contributed by atoms with E-state index < -0.39 is 17.6 Å². The van der Waals surface area contributed by atoms with Crippen LogP contribution in [0.1, 0.15) is 21.5 Å². The summed E-state index contributed by atoms with van der Waals surface area (Å²) in [5.41, 5.74) is 2.92. The highest BCUT2D eigenvalue weighted by Gasteiger charge is 2.30. The number of nitrogens with zero attached hydrogens (tertiary/aromatic N) is 2. The number of benzene rings is 2. The number of halogens is 4. The van der Waals surface area contributed by atoms with E-state index in [4.69, 9.17) is 0 Å². The Morgan fingerprint density at radius 1 is 1.20 bits per heavy atom. The molecule has 0 aromatic heterocycles. The van der Waals surface area contributed by atoms with Crippen LogP contribution in [0.25, 0.3) is 0 Å². The van der Waals surface area contributed by atoms with Crippen LogP contribution in [0.3, 0.4) is 0 Å². The molecule has 2 rings (SSSR count). The summed E-state index contributed by atoms with van der Waals surface area (Å²) in [5.74, 6) is -0.716. The van der Waals surface area contributed by atoms with Crippen LogP contribution >= 0.6 is 15.9 Å². The van der Waals surface area contributed by atoms with Gasteiger partial charge >= 0.3 is 6.18 Å². The van der Waals surface area contributed by atoms with Crippen molar-refractivity contribution < 1.29 is 18.0 Å². The van der Waals surface area contributed by atoms with Gasteiger partial charge in [0, 0.05) is 24.1 Å². The number of amides is 1. The maximum atomic E-state index is 12.7. The first-order valence-electron chi connectivity index (χ1n) is 7.16. The molecular formula is C17H15BrF3N3O. The lowest BCUT2D eigenvalue weighted by molar-refractivity contribution is -0.137. The third kappa shape index (κ3) is 5.06. The van der Waals surface area contributed by atoms with Crippen molar-refractivity contribution in [3.05, 3.63) is 63.6 Å². The average Bonchev–Trinajstić information content (AvgIpc) is 2.54. The van der Waals surface area contributed by atoms with Crippen LogP contribution in [0.5, 0.6) is 0 Å². The van der Waals surface area contributed by atoms with E-state index in [0.717, 1.165) is 27.9 Å². The number of carbonyl (C=O) groups excluding carboxylic acids is 1. The molecule has 25 heavy (non-hydrogen) atoms. The Balaban J connectivity index is 2.07. The number of hydrazone groups is 1. The molecule has 0 aliphatic rings. The third-order valence-corrected chi connectivity index (χ3v) is 3.92. The summed E-state index contributed by atoms with van der Waals surface area (Å²) < 4.78 is 38.8. The number of nitrogens with one attached hydrogen (secondary N) is 1. The fourth-order valence-electron chi connectivity index (χ4n) is 2.03. The lowest BCUT2D eigenvalue weighted by Crippen LogP contribution is -2.18. The molecule has 1 N–H and O–H groups in total. The van der Waals surface area contributed by atoms with Gasteiger partial charge in [-0.25, -0.2) is 5.43 Å². The summed E-state index contributed by atoms with van der Waals surface area (Å²) in [5, 5.41) is 3.79. The minimum absolute atomic E-state index is 0.115. The molecule has 4 nitrogen and oxygen atoms in total. The molecule has 0 bridgehead atoms. The predicted octanol–water partition coefficient (Wildman–Crippen LogP) is 4.30. The molecule has 0 aliphatic carbocycles. The summed E-state index contributed by atoms with van der Waals surface area (Å²) in [7, 11) is 3.81. The Kier molecular flexibility index (Phi) is 5.84. The van der Waals surface area contributed by atoms with Crippen LogP contribution < -0.4 is 10.3 Å². The molecule has 0 radical (unpaired) electrons. The Bertz CT molecular complexity index is 804. The first-order chi connectivity index (χ1) is 11.7. The van der Waals surface area contributed by atoms with Gasteiger partial charge < -0.3 is 4.90 Å². The largest absolute Gasteiger partial charge is 0.416 e. The van der Waals surface area contributed by atoms with Crippen molar-refractivity contribution in [2.24, 2.45) is 5.10 Å². The van der Waals surface area contributed by atoms with Crippen LogP contribution in [0, 0.1) is 0 Å². The summed E-state index contributed by atoms with van der Waals surface area (Å²) >= 11 is 3.43. The highest BCUT2D eigenvalue weighted by molar-refractivity contribution is 9.10. The van der Waals surface area contributed by atoms with Crippen molar-refractivity contribution in [1.29, 1.82) is 0 Å². The molecule has 132 valence electrons. The molecule has 0 aliphatic heterocycles. The van der Waals surface area contributed by atoms with Gasteiger partial charge in [-0.15, -0.1) is 0 Å². The van der Waals surface area contributed by atoms with Crippen molar-refractivity contribution in [3.63, 3.8) is 0 Å². The van der Waals surface area contributed by atoms with E-state index in [0.29, 0.717) is 0 Å². The average molecular weight is 414 g/mol. The fourth-order valence-corrected chi connectivity index (χ4v) is 2.78. The van der Waals surface area contributed by atoms with Crippen molar-refractivity contribution in [1.82, 2.24) is 5.43 Å². The zero-order valence-corrected chi connectivity index (χ0v) is 15.0. The van der Waals surface area contributed by atoms with Gasteiger partial charge in [0.2, 0.25) is 0 Å². The molecule has 1 amide bonds. The van der Waals surface area contributed by atoms with Gasteiger partial charge in [-0.2, -0.15) is 18.3 Å². The molecule has 0 saturated heterocycles. The van der Waals surface area contributed by atoms with Crippen LogP contribution in [0.4, 0.5) is 18.9 Å². The SMILES string of the molecule is CN(C)c1ccc(/C=N/NC(=O)c2cccc(C(F)(F)F)c2)cc1Br. The molecule has 0 atom stereocenters. The molecule has 2 aromatic carbocycles. The van der Waals surface area contributed by atoms with Crippen molar-refractivity contribution in [2.45, 2.75) is 6.18 Å². The topological polar surface area (TPSA) is 44.7 Å². The fraction of sp³-hybridized carbons (Fsp3) is 0.176. The molecule has 0 saturated carbocycles. The molecule has 0 unspecified atom stereocenters. The van der Waals surface area contributed by atoms with E-state index in [2.05, 4.69) is 26.5 Å². The number of anilines is 1. The summed E-state index contributed by atoms with van der Waals surface area (Å²) in [6.07, 6.45) is -3.09. The quantitative estimate of drug-likeness (QED) is 0.599. The van der Waals surface area contributed by atoms with Gasteiger partial charge in [0.25, 0.3) is 5.91 Å². The van der Waals surface area contributed by atoms with Crippen molar-refractivity contribution in [2.75, 3.05) is 19.0 Å². The molecule has 0 fully saturated rings. The second-order valence-electron chi connectivity index (χ2n) is 5.38. The highest BCUT2D eigenvalue weighted by atomic mass is 79.9. The Morgan fingerprint density at radius 3 is 2.52 bits per heavy atom. The maximum absolute atomic E-state index is 12.7. The van der Waals surface area contributed by atoms with Crippen LogP contribution in [-0.2, 0) is 6.18 Å². The minimum Gasteiger partial charge on any atom is -0.377 e. The lowest BCUT2D eigenvalue weighted by atomic mass is 10.1. The van der Waals surface area contributed by atoms with Gasteiger partial charge in [0.15, 0.2) is 0 Å². The first-order valence-corrected chi connectivity index (χ1v) is 7.95. The number of carbonyl (C=O) groups is 1. The predicted molar refractivity (Wildman–Crippen MR) is 95.0 cm³/mol. The normalized spacial score (nSPS) is 11.6. The number of alkyl halides is 3. The van der Waals surface area contributed by atoms with Gasteiger partial charge in [-0.05, 0) is 51.8 Å². The Labute approximate surface area is 151 Å². The molecule has 0 heterocycles. The summed E-state index contributed by atoms with van der Waals surface area (Å²) in [6, 6.07) is 9.66. The van der Waals surface area contributed by atoms with Gasteiger partial charge in [-0.3, -0.25) is 4.79 Å². The highest BCUT2D eigenvalue weighted by Crippen LogP contribution is 2.29. The van der Waals surface area contributed by atoms with E-state index in [1.807, 2.05) is 31.1 Å². The number of hydrogen-bond donors (Lipinski definition) is 1. The maximum Gasteiger partial charge on any atom is 0.416 e. The number of hydrogen-bond acceptors (Lipinski definition) is 3. The molecular weight excluding hydrogens is 399 g/mol. The monoisotopic (exact) mass is 413 g/mol. The zero-order chi connectivity index (χ0) is 18.6. The standard InChI is InChI=1S/C17H15BrF3N3O/c1-24(2)15-7-6-11(8-14(15)18)10-22-23-16(25)12-4-3-5-13(9-12)17(19,20)21/h3-10H,1-2H3,(H,23,25)/b22-10+. The molecule has 0 spiro atoms. The van der Waals surface area contributed by atoms with E-state index >= 15 is 0 Å². The van der Waals surface area contributed by atoms with Gasteiger partial charge in [-0.1, -0.05) is 12.1 Å². The van der Waals surface area contributed by atoms with E-state index in [1.165, 1.54) is 18.3 Å². The van der Waals surface area contributed by atoms with Crippen LogP contribution in [0.15, 0.2) is 52.0 Å². The van der Waals surface area contributed by atoms with Gasteiger partial charge in [0.1, 0.15) is 0 Å². The number of rotatable bonds is 4. The summed E-state index contributed by atoms with van der Waals surface area (Å²) in [4.78, 5) is 13.8. The van der Waals surface area contributed by atoms with Crippen molar-refractivity contribution in [3.8, 4) is 0 Å². The Hall–Kier alpha value is -2.35. The molecule has 8 heteroatoms. The first kappa shape index (κ1) is 19.0. The zero-order valence-electron chi connectivity index (χ0n) is 13.4. The Morgan fingerprint density at radius 2 is 1.92 bits per heavy atom. The van der Waals surface area contributed by atoms with Crippen molar-refractivity contribution >= 4 is 33.7 Å². The smallest absolute Gasteiger partial charge is 0.377 e. The second kappa shape index (κ2) is 7.69. The summed E-state index contributed by atoms with van der Waals surface area (Å²) in [6.45, 7) is 0. The third-order valence-electron chi connectivity index (χ3n) is 3.29. The lowest BCUT2D eigenvalue weighted by Gasteiger charge is -2.14. The van der Waals surface area contributed by atoms with E-state index in [1.54, 1.807) is 6.07 Å². The molecule has 2 aromatic rings. The van der Waals surface area contributed by atoms with Gasteiger partial charge in [0.05, 0.1) is 17.5 Å².